The third-order valence-electron chi connectivity index (χ3n) is 2.88. The molecule has 0 saturated heterocycles. The summed E-state index contributed by atoms with van der Waals surface area (Å²) in [5.41, 5.74) is 0.761. The number of pyridine rings is 1. The van der Waals surface area contributed by atoms with Crippen LogP contribution in [0.5, 0.6) is 0 Å². The molecule has 2 heterocycles. The van der Waals surface area contributed by atoms with E-state index in [1.165, 1.54) is 6.07 Å². The number of benzene rings is 1. The number of fused-ring (bicyclic) bond motifs is 1. The van der Waals surface area contributed by atoms with Crippen LogP contribution in [0.1, 0.15) is 10.6 Å². The highest BCUT2D eigenvalue weighted by Gasteiger charge is 2.13. The Bertz CT molecular complexity index is 889. The van der Waals surface area contributed by atoms with Gasteiger partial charge in [0, 0.05) is 18.5 Å². The summed E-state index contributed by atoms with van der Waals surface area (Å²) in [6.07, 6.45) is 3.21. The van der Waals surface area contributed by atoms with E-state index in [1.807, 2.05) is 0 Å². The standard InChI is InChI=1S/C15H9IN2O3/c16-10-8-17-6-5-11(10)18-15(20)14-7-12(19)9-3-1-2-4-13(9)21-14/h1-8H,(H,17,18,20). The maximum atomic E-state index is 12.2. The van der Waals surface area contributed by atoms with Gasteiger partial charge >= 0.3 is 0 Å². The molecule has 0 aliphatic carbocycles. The monoisotopic (exact) mass is 392 g/mol. The molecule has 0 radical (unpaired) electrons. The minimum absolute atomic E-state index is 0.0219. The van der Waals surface area contributed by atoms with Gasteiger partial charge in [0.05, 0.1) is 14.6 Å². The van der Waals surface area contributed by atoms with E-state index in [1.54, 1.807) is 42.7 Å². The Morgan fingerprint density at radius 2 is 2.05 bits per heavy atom. The summed E-state index contributed by atoms with van der Waals surface area (Å²) in [4.78, 5) is 28.1. The van der Waals surface area contributed by atoms with Crippen LogP contribution in [0, 0.1) is 3.57 Å². The van der Waals surface area contributed by atoms with Crippen LogP contribution in [0.3, 0.4) is 0 Å². The molecule has 104 valence electrons. The van der Waals surface area contributed by atoms with Crippen LogP contribution in [0.15, 0.2) is 58.0 Å². The van der Waals surface area contributed by atoms with Gasteiger partial charge in [0.15, 0.2) is 11.2 Å². The van der Waals surface area contributed by atoms with Gasteiger partial charge in [-0.15, -0.1) is 0 Å². The lowest BCUT2D eigenvalue weighted by Gasteiger charge is -2.06. The first-order chi connectivity index (χ1) is 10.1. The molecule has 0 saturated carbocycles. The zero-order chi connectivity index (χ0) is 14.8. The molecular weight excluding hydrogens is 383 g/mol. The Balaban J connectivity index is 1.99. The number of carbonyl (C=O) groups is 1. The Hall–Kier alpha value is -2.22. The van der Waals surface area contributed by atoms with E-state index in [4.69, 9.17) is 4.42 Å². The Kier molecular flexibility index (Phi) is 3.70. The molecule has 1 amide bonds. The third kappa shape index (κ3) is 2.80. The molecule has 3 aromatic rings. The van der Waals surface area contributed by atoms with Crippen molar-refractivity contribution >= 4 is 45.2 Å². The number of carbonyl (C=O) groups excluding carboxylic acids is 1. The zero-order valence-corrected chi connectivity index (χ0v) is 12.8. The molecule has 0 spiro atoms. The normalized spacial score (nSPS) is 10.5. The number of nitrogens with one attached hydrogen (secondary N) is 1. The molecule has 0 atom stereocenters. The van der Waals surface area contributed by atoms with Crippen molar-refractivity contribution in [3.63, 3.8) is 0 Å². The maximum absolute atomic E-state index is 12.2. The lowest BCUT2D eigenvalue weighted by atomic mass is 10.2. The largest absolute Gasteiger partial charge is 0.451 e. The number of anilines is 1. The second-order valence-corrected chi connectivity index (χ2v) is 5.44. The van der Waals surface area contributed by atoms with E-state index in [0.717, 1.165) is 3.57 Å². The number of amides is 1. The van der Waals surface area contributed by atoms with Crippen LogP contribution in [-0.4, -0.2) is 10.9 Å². The quantitative estimate of drug-likeness (QED) is 0.681. The van der Waals surface area contributed by atoms with Crippen LogP contribution in [-0.2, 0) is 0 Å². The molecule has 0 fully saturated rings. The van der Waals surface area contributed by atoms with E-state index in [0.29, 0.717) is 16.7 Å². The molecule has 3 rings (SSSR count). The number of para-hydroxylation sites is 1. The van der Waals surface area contributed by atoms with Gasteiger partial charge in [-0.05, 0) is 40.8 Å². The van der Waals surface area contributed by atoms with E-state index in [9.17, 15) is 9.59 Å². The number of nitrogens with zero attached hydrogens (tertiary/aromatic N) is 1. The van der Waals surface area contributed by atoms with Crippen LogP contribution >= 0.6 is 22.6 Å². The summed E-state index contributed by atoms with van der Waals surface area (Å²) in [5, 5.41) is 3.15. The van der Waals surface area contributed by atoms with Gasteiger partial charge in [-0.1, -0.05) is 12.1 Å². The molecule has 1 aromatic carbocycles. The van der Waals surface area contributed by atoms with Crippen LogP contribution in [0.2, 0.25) is 0 Å². The SMILES string of the molecule is O=C(Nc1ccncc1I)c1cc(=O)c2ccccc2o1. The first kappa shape index (κ1) is 13.7. The zero-order valence-electron chi connectivity index (χ0n) is 10.7. The Labute approximate surface area is 133 Å². The summed E-state index contributed by atoms with van der Waals surface area (Å²) in [6, 6.07) is 9.69. The Morgan fingerprint density at radius 3 is 2.86 bits per heavy atom. The fourth-order valence-corrected chi connectivity index (χ4v) is 2.35. The van der Waals surface area contributed by atoms with Crippen molar-refractivity contribution < 1.29 is 9.21 Å². The molecule has 2 aromatic heterocycles. The summed E-state index contributed by atoms with van der Waals surface area (Å²) in [7, 11) is 0. The van der Waals surface area contributed by atoms with Crippen molar-refractivity contribution in [3.05, 3.63) is 68.3 Å². The van der Waals surface area contributed by atoms with E-state index < -0.39 is 5.91 Å². The average Bonchev–Trinajstić information content (AvgIpc) is 2.49. The number of rotatable bonds is 2. The van der Waals surface area contributed by atoms with E-state index in [2.05, 4.69) is 32.9 Å². The highest BCUT2D eigenvalue weighted by molar-refractivity contribution is 14.1. The van der Waals surface area contributed by atoms with Gasteiger partial charge in [-0.3, -0.25) is 14.6 Å². The first-order valence-corrected chi connectivity index (χ1v) is 7.17. The van der Waals surface area contributed by atoms with Gasteiger partial charge < -0.3 is 9.73 Å². The molecule has 5 nitrogen and oxygen atoms in total. The lowest BCUT2D eigenvalue weighted by Crippen LogP contribution is -2.15. The minimum atomic E-state index is -0.470. The highest BCUT2D eigenvalue weighted by atomic mass is 127. The summed E-state index contributed by atoms with van der Waals surface area (Å²) >= 11 is 2.06. The molecule has 0 unspecified atom stereocenters. The number of aromatic nitrogens is 1. The fourth-order valence-electron chi connectivity index (χ4n) is 1.88. The maximum Gasteiger partial charge on any atom is 0.291 e. The second kappa shape index (κ2) is 5.65. The molecule has 0 aliphatic rings. The van der Waals surface area contributed by atoms with Crippen LogP contribution in [0.4, 0.5) is 5.69 Å². The second-order valence-electron chi connectivity index (χ2n) is 4.28. The Morgan fingerprint density at radius 1 is 1.24 bits per heavy atom. The van der Waals surface area contributed by atoms with Crippen molar-refractivity contribution in [2.75, 3.05) is 5.32 Å². The number of halogens is 1. The van der Waals surface area contributed by atoms with E-state index >= 15 is 0 Å². The van der Waals surface area contributed by atoms with E-state index in [-0.39, 0.29) is 11.2 Å². The predicted octanol–water partition coefficient (Wildman–Crippen LogP) is 3.04. The molecule has 21 heavy (non-hydrogen) atoms. The van der Waals surface area contributed by atoms with Crippen molar-refractivity contribution in [2.45, 2.75) is 0 Å². The summed E-state index contributed by atoms with van der Waals surface area (Å²) in [5.74, 6) is -0.492. The topological polar surface area (TPSA) is 72.2 Å². The predicted molar refractivity (Wildman–Crippen MR) is 87.4 cm³/mol. The fraction of sp³-hybridized carbons (Fsp3) is 0. The molecule has 1 N–H and O–H groups in total. The molecule has 6 heteroatoms. The van der Waals surface area contributed by atoms with Crippen molar-refractivity contribution in [2.24, 2.45) is 0 Å². The molecule has 0 bridgehead atoms. The number of hydrogen-bond donors (Lipinski definition) is 1. The number of hydrogen-bond acceptors (Lipinski definition) is 4. The van der Waals surface area contributed by atoms with Crippen molar-refractivity contribution in [1.82, 2.24) is 4.98 Å². The van der Waals surface area contributed by atoms with Crippen molar-refractivity contribution in [1.29, 1.82) is 0 Å². The lowest BCUT2D eigenvalue weighted by molar-refractivity contribution is 0.0997. The van der Waals surface area contributed by atoms with Gasteiger partial charge in [-0.25, -0.2) is 0 Å². The average molecular weight is 392 g/mol. The van der Waals surface area contributed by atoms with Crippen LogP contribution < -0.4 is 10.7 Å². The summed E-state index contributed by atoms with van der Waals surface area (Å²) < 4.78 is 6.28. The van der Waals surface area contributed by atoms with Gasteiger partial charge in [-0.2, -0.15) is 0 Å². The van der Waals surface area contributed by atoms with Gasteiger partial charge in [0.2, 0.25) is 0 Å². The molecular formula is C15H9IN2O3. The van der Waals surface area contributed by atoms with Crippen molar-refractivity contribution in [3.8, 4) is 0 Å². The first-order valence-electron chi connectivity index (χ1n) is 6.09. The third-order valence-corrected chi connectivity index (χ3v) is 3.74. The van der Waals surface area contributed by atoms with Crippen LogP contribution in [0.25, 0.3) is 11.0 Å². The van der Waals surface area contributed by atoms with Gasteiger partial charge in [0.1, 0.15) is 5.58 Å². The highest BCUT2D eigenvalue weighted by Crippen LogP contribution is 2.17. The molecule has 0 aliphatic heterocycles. The summed E-state index contributed by atoms with van der Waals surface area (Å²) in [6.45, 7) is 0. The smallest absolute Gasteiger partial charge is 0.291 e. The van der Waals surface area contributed by atoms with Gasteiger partial charge in [0.25, 0.3) is 5.91 Å². The minimum Gasteiger partial charge on any atom is -0.451 e.